The first-order chi connectivity index (χ1) is 7.65. The fraction of sp³-hybridized carbons (Fsp3) is 0. The summed E-state index contributed by atoms with van der Waals surface area (Å²) in [6, 6.07) is 8.02. The second kappa shape index (κ2) is 4.80. The molecule has 2 rings (SSSR count). The molecule has 5 heteroatoms. The molecule has 1 aromatic carbocycles. The molecule has 0 spiro atoms. The predicted octanol–water partition coefficient (Wildman–Crippen LogP) is 4.38. The summed E-state index contributed by atoms with van der Waals surface area (Å²) in [6.07, 6.45) is 1.56. The first-order valence-electron chi connectivity index (χ1n) is 4.49. The molecule has 0 aliphatic rings. The Morgan fingerprint density at radius 2 is 2.06 bits per heavy atom. The van der Waals surface area contributed by atoms with Crippen LogP contribution in [0.25, 0.3) is 0 Å². The van der Waals surface area contributed by atoms with Crippen LogP contribution in [0.15, 0.2) is 41.0 Å². The fourth-order valence-electron chi connectivity index (χ4n) is 1.23. The molecule has 1 N–H and O–H groups in total. The molecule has 0 bridgehead atoms. The molecule has 0 radical (unpaired) electrons. The summed E-state index contributed by atoms with van der Waals surface area (Å²) in [5.74, 6) is -0.323. The first-order valence-corrected chi connectivity index (χ1v) is 5.66. The Balaban J connectivity index is 2.30. The molecule has 0 unspecified atom stereocenters. The van der Waals surface area contributed by atoms with Gasteiger partial charge in [-0.3, -0.25) is 0 Å². The van der Waals surface area contributed by atoms with E-state index in [2.05, 4.69) is 26.2 Å². The Labute approximate surface area is 106 Å². The maximum atomic E-state index is 13.4. The second-order valence-electron chi connectivity index (χ2n) is 3.12. The molecule has 1 heterocycles. The normalized spacial score (nSPS) is 10.2. The van der Waals surface area contributed by atoms with Crippen molar-refractivity contribution in [3.63, 3.8) is 0 Å². The van der Waals surface area contributed by atoms with E-state index in [1.807, 2.05) is 0 Å². The van der Waals surface area contributed by atoms with Crippen molar-refractivity contribution < 1.29 is 4.39 Å². The molecular formula is C11H7BrClFN2. The third-order valence-electron chi connectivity index (χ3n) is 1.93. The summed E-state index contributed by atoms with van der Waals surface area (Å²) in [5.41, 5.74) is 1.08. The quantitative estimate of drug-likeness (QED) is 0.833. The van der Waals surface area contributed by atoms with Gasteiger partial charge < -0.3 is 5.32 Å². The first kappa shape index (κ1) is 11.4. The van der Waals surface area contributed by atoms with Crippen LogP contribution < -0.4 is 5.32 Å². The van der Waals surface area contributed by atoms with E-state index in [-0.39, 0.29) is 5.82 Å². The SMILES string of the molecule is Fc1ccc(Br)cc1Nc1ccnc(Cl)c1. The molecule has 0 amide bonds. The zero-order valence-electron chi connectivity index (χ0n) is 8.05. The number of nitrogens with one attached hydrogen (secondary N) is 1. The highest BCUT2D eigenvalue weighted by atomic mass is 79.9. The summed E-state index contributed by atoms with van der Waals surface area (Å²) in [6.45, 7) is 0. The summed E-state index contributed by atoms with van der Waals surface area (Å²) >= 11 is 9.01. The molecule has 0 saturated carbocycles. The monoisotopic (exact) mass is 300 g/mol. The van der Waals surface area contributed by atoms with E-state index >= 15 is 0 Å². The van der Waals surface area contributed by atoms with E-state index in [1.165, 1.54) is 6.07 Å². The van der Waals surface area contributed by atoms with Crippen molar-refractivity contribution in [2.24, 2.45) is 0 Å². The Bertz CT molecular complexity index is 519. The highest BCUT2D eigenvalue weighted by molar-refractivity contribution is 9.10. The van der Waals surface area contributed by atoms with Crippen LogP contribution >= 0.6 is 27.5 Å². The maximum Gasteiger partial charge on any atom is 0.146 e. The van der Waals surface area contributed by atoms with Crippen molar-refractivity contribution >= 4 is 38.9 Å². The van der Waals surface area contributed by atoms with Crippen LogP contribution in [-0.2, 0) is 0 Å². The van der Waals surface area contributed by atoms with Gasteiger partial charge in [0.05, 0.1) is 5.69 Å². The van der Waals surface area contributed by atoms with E-state index in [1.54, 1.807) is 30.5 Å². The highest BCUT2D eigenvalue weighted by Crippen LogP contribution is 2.24. The van der Waals surface area contributed by atoms with Gasteiger partial charge in [0.2, 0.25) is 0 Å². The number of pyridine rings is 1. The van der Waals surface area contributed by atoms with Gasteiger partial charge in [-0.2, -0.15) is 0 Å². The van der Waals surface area contributed by atoms with Gasteiger partial charge in [-0.15, -0.1) is 0 Å². The molecule has 0 saturated heterocycles. The summed E-state index contributed by atoms with van der Waals surface area (Å²) < 4.78 is 14.2. The number of nitrogens with zero attached hydrogens (tertiary/aromatic N) is 1. The number of halogens is 3. The molecule has 82 valence electrons. The topological polar surface area (TPSA) is 24.9 Å². The van der Waals surface area contributed by atoms with E-state index in [4.69, 9.17) is 11.6 Å². The number of hydrogen-bond donors (Lipinski definition) is 1. The molecule has 0 aliphatic carbocycles. The number of aromatic nitrogens is 1. The second-order valence-corrected chi connectivity index (χ2v) is 4.42. The van der Waals surface area contributed by atoms with Crippen LogP contribution in [0.5, 0.6) is 0 Å². The number of rotatable bonds is 2. The lowest BCUT2D eigenvalue weighted by atomic mass is 10.3. The van der Waals surface area contributed by atoms with Gasteiger partial charge in [-0.25, -0.2) is 9.37 Å². The zero-order chi connectivity index (χ0) is 11.5. The largest absolute Gasteiger partial charge is 0.353 e. The molecule has 0 fully saturated rings. The van der Waals surface area contributed by atoms with Crippen LogP contribution in [0.1, 0.15) is 0 Å². The number of hydrogen-bond acceptors (Lipinski definition) is 2. The van der Waals surface area contributed by atoms with Gasteiger partial charge in [-0.05, 0) is 30.3 Å². The molecule has 16 heavy (non-hydrogen) atoms. The fourth-order valence-corrected chi connectivity index (χ4v) is 1.76. The van der Waals surface area contributed by atoms with Crippen LogP contribution in [0.4, 0.5) is 15.8 Å². The van der Waals surface area contributed by atoms with E-state index in [9.17, 15) is 4.39 Å². The van der Waals surface area contributed by atoms with Crippen molar-refractivity contribution in [3.8, 4) is 0 Å². The van der Waals surface area contributed by atoms with E-state index < -0.39 is 0 Å². The molecule has 0 aliphatic heterocycles. The standard InChI is InChI=1S/C11H7BrClFN2/c12-7-1-2-9(14)10(5-7)16-8-3-4-15-11(13)6-8/h1-6H,(H,15,16). The van der Waals surface area contributed by atoms with Crippen LogP contribution in [0, 0.1) is 5.82 Å². The molecule has 0 atom stereocenters. The maximum absolute atomic E-state index is 13.4. The van der Waals surface area contributed by atoms with Gasteiger partial charge >= 0.3 is 0 Å². The van der Waals surface area contributed by atoms with Crippen molar-refractivity contribution in [3.05, 3.63) is 52.0 Å². The molecule has 2 aromatic rings. The lowest BCUT2D eigenvalue weighted by molar-refractivity contribution is 0.631. The van der Waals surface area contributed by atoms with Gasteiger partial charge in [-0.1, -0.05) is 27.5 Å². The number of benzene rings is 1. The average Bonchev–Trinajstić information content (AvgIpc) is 2.24. The minimum atomic E-state index is -0.323. The lowest BCUT2D eigenvalue weighted by Crippen LogP contribution is -1.94. The summed E-state index contributed by atoms with van der Waals surface area (Å²) in [4.78, 5) is 3.84. The van der Waals surface area contributed by atoms with Crippen molar-refractivity contribution in [1.82, 2.24) is 4.98 Å². The molecular weight excluding hydrogens is 294 g/mol. The van der Waals surface area contributed by atoms with Gasteiger partial charge in [0, 0.05) is 16.4 Å². The highest BCUT2D eigenvalue weighted by Gasteiger charge is 2.03. The Kier molecular flexibility index (Phi) is 3.41. The Morgan fingerprint density at radius 1 is 1.25 bits per heavy atom. The van der Waals surface area contributed by atoms with Gasteiger partial charge in [0.25, 0.3) is 0 Å². The van der Waals surface area contributed by atoms with Crippen LogP contribution in [-0.4, -0.2) is 4.98 Å². The third-order valence-corrected chi connectivity index (χ3v) is 2.63. The van der Waals surface area contributed by atoms with Crippen LogP contribution in [0.2, 0.25) is 5.15 Å². The Morgan fingerprint density at radius 3 is 2.81 bits per heavy atom. The van der Waals surface area contributed by atoms with E-state index in [0.29, 0.717) is 16.5 Å². The molecule has 2 nitrogen and oxygen atoms in total. The predicted molar refractivity (Wildman–Crippen MR) is 66.6 cm³/mol. The average molecular weight is 302 g/mol. The van der Waals surface area contributed by atoms with Gasteiger partial charge in [0.1, 0.15) is 11.0 Å². The third kappa shape index (κ3) is 2.71. The smallest absolute Gasteiger partial charge is 0.146 e. The minimum Gasteiger partial charge on any atom is -0.353 e. The van der Waals surface area contributed by atoms with Crippen LogP contribution in [0.3, 0.4) is 0 Å². The summed E-state index contributed by atoms with van der Waals surface area (Å²) in [5, 5.41) is 3.29. The molecule has 1 aromatic heterocycles. The van der Waals surface area contributed by atoms with Crippen molar-refractivity contribution in [1.29, 1.82) is 0 Å². The zero-order valence-corrected chi connectivity index (χ0v) is 10.4. The number of anilines is 2. The van der Waals surface area contributed by atoms with Gasteiger partial charge in [0.15, 0.2) is 0 Å². The lowest BCUT2D eigenvalue weighted by Gasteiger charge is -2.07. The minimum absolute atomic E-state index is 0.323. The van der Waals surface area contributed by atoms with Crippen molar-refractivity contribution in [2.45, 2.75) is 0 Å². The summed E-state index contributed by atoms with van der Waals surface area (Å²) in [7, 11) is 0. The Hall–Kier alpha value is -1.13. The van der Waals surface area contributed by atoms with E-state index in [0.717, 1.165) is 4.47 Å². The van der Waals surface area contributed by atoms with Crippen molar-refractivity contribution in [2.75, 3.05) is 5.32 Å².